The molecule has 0 aromatic carbocycles. The van der Waals surface area contributed by atoms with E-state index in [4.69, 9.17) is 16.7 Å². The Morgan fingerprint density at radius 1 is 1.59 bits per heavy atom. The van der Waals surface area contributed by atoms with Crippen LogP contribution in [0.5, 0.6) is 0 Å². The van der Waals surface area contributed by atoms with Gasteiger partial charge in [0.05, 0.1) is 5.69 Å². The quantitative estimate of drug-likeness (QED) is 0.790. The Morgan fingerprint density at radius 2 is 2.29 bits per heavy atom. The van der Waals surface area contributed by atoms with Crippen molar-refractivity contribution >= 4 is 17.6 Å². The number of carboxylic acid groups (broad SMARTS) is 1. The van der Waals surface area contributed by atoms with Crippen LogP contribution in [0.2, 0.25) is 0 Å². The number of pyridine rings is 1. The zero-order valence-corrected chi connectivity index (χ0v) is 10.8. The normalized spacial score (nSPS) is 12.7. The predicted octanol–water partition coefficient (Wildman–Crippen LogP) is 1.90. The first-order chi connectivity index (χ1) is 8.02. The maximum absolute atomic E-state index is 10.7. The Hall–Kier alpha value is -1.13. The van der Waals surface area contributed by atoms with Crippen molar-refractivity contribution in [1.82, 2.24) is 9.88 Å². The number of hydrogen-bond acceptors (Lipinski definition) is 3. The minimum atomic E-state index is -0.984. The molecule has 1 rings (SSSR count). The summed E-state index contributed by atoms with van der Waals surface area (Å²) in [6.07, 6.45) is 0. The molecule has 0 aliphatic rings. The van der Waals surface area contributed by atoms with Gasteiger partial charge in [-0.25, -0.2) is 0 Å². The van der Waals surface area contributed by atoms with E-state index in [-0.39, 0.29) is 0 Å². The zero-order chi connectivity index (χ0) is 12.8. The lowest BCUT2D eigenvalue weighted by atomic mass is 10.3. The van der Waals surface area contributed by atoms with Crippen molar-refractivity contribution in [2.45, 2.75) is 25.8 Å². The Labute approximate surface area is 106 Å². The van der Waals surface area contributed by atoms with Crippen LogP contribution in [0.15, 0.2) is 18.2 Å². The van der Waals surface area contributed by atoms with Crippen molar-refractivity contribution in [3.8, 4) is 0 Å². The minimum Gasteiger partial charge on any atom is -0.480 e. The topological polar surface area (TPSA) is 53.4 Å². The van der Waals surface area contributed by atoms with E-state index < -0.39 is 11.3 Å². The second-order valence-electron chi connectivity index (χ2n) is 3.90. The van der Waals surface area contributed by atoms with Crippen molar-refractivity contribution in [2.24, 2.45) is 0 Å². The van der Waals surface area contributed by atoms with Crippen LogP contribution in [0.1, 0.15) is 18.3 Å². The molecule has 0 saturated heterocycles. The standard InChI is InChI=1S/C12H17ClN2O2/c1-3-15(8-11(13)12(16)17)7-10-6-4-5-9(2)14-10/h4-6,11H,3,7-8H2,1-2H3,(H,16,17). The third kappa shape index (κ3) is 4.71. The Kier molecular flexibility index (Phi) is 5.38. The van der Waals surface area contributed by atoms with Crippen molar-refractivity contribution < 1.29 is 9.90 Å². The van der Waals surface area contributed by atoms with Gasteiger partial charge in [-0.2, -0.15) is 0 Å². The number of carbonyl (C=O) groups is 1. The summed E-state index contributed by atoms with van der Waals surface area (Å²) in [5.41, 5.74) is 1.89. The second kappa shape index (κ2) is 6.57. The van der Waals surface area contributed by atoms with Gasteiger partial charge in [0, 0.05) is 18.8 Å². The molecule has 0 saturated carbocycles. The van der Waals surface area contributed by atoms with Gasteiger partial charge in [0.25, 0.3) is 0 Å². The smallest absolute Gasteiger partial charge is 0.322 e. The van der Waals surface area contributed by atoms with E-state index >= 15 is 0 Å². The van der Waals surface area contributed by atoms with Gasteiger partial charge in [-0.05, 0) is 25.6 Å². The summed E-state index contributed by atoms with van der Waals surface area (Å²) in [4.78, 5) is 17.0. The Morgan fingerprint density at radius 3 is 2.82 bits per heavy atom. The minimum absolute atomic E-state index is 0.322. The molecule has 1 unspecified atom stereocenters. The average Bonchev–Trinajstić information content (AvgIpc) is 2.27. The van der Waals surface area contributed by atoms with Crippen LogP contribution in [0.4, 0.5) is 0 Å². The van der Waals surface area contributed by atoms with Gasteiger partial charge >= 0.3 is 5.97 Å². The number of carboxylic acids is 1. The highest BCUT2D eigenvalue weighted by molar-refractivity contribution is 6.29. The van der Waals surface area contributed by atoms with Crippen LogP contribution in [-0.4, -0.2) is 39.4 Å². The Bertz CT molecular complexity index is 385. The van der Waals surface area contributed by atoms with E-state index in [1.807, 2.05) is 36.9 Å². The number of alkyl halides is 1. The molecule has 1 N–H and O–H groups in total. The molecule has 1 atom stereocenters. The number of aromatic nitrogens is 1. The molecule has 0 fully saturated rings. The monoisotopic (exact) mass is 256 g/mol. The molecule has 1 heterocycles. The molecular formula is C12H17ClN2O2. The first-order valence-corrected chi connectivity index (χ1v) is 5.98. The van der Waals surface area contributed by atoms with Crippen molar-refractivity contribution in [1.29, 1.82) is 0 Å². The number of aliphatic carboxylic acids is 1. The van der Waals surface area contributed by atoms with Gasteiger partial charge in [0.15, 0.2) is 0 Å². The third-order valence-corrected chi connectivity index (χ3v) is 2.79. The van der Waals surface area contributed by atoms with Gasteiger partial charge in [0.2, 0.25) is 0 Å². The van der Waals surface area contributed by atoms with Crippen LogP contribution >= 0.6 is 11.6 Å². The van der Waals surface area contributed by atoms with Crippen LogP contribution in [-0.2, 0) is 11.3 Å². The van der Waals surface area contributed by atoms with Crippen molar-refractivity contribution in [3.63, 3.8) is 0 Å². The molecular weight excluding hydrogens is 240 g/mol. The molecule has 0 radical (unpaired) electrons. The summed E-state index contributed by atoms with van der Waals surface area (Å²) in [5, 5.41) is 7.89. The highest BCUT2D eigenvalue weighted by Gasteiger charge is 2.17. The molecule has 0 bridgehead atoms. The van der Waals surface area contributed by atoms with Crippen molar-refractivity contribution in [2.75, 3.05) is 13.1 Å². The SMILES string of the molecule is CCN(Cc1cccc(C)n1)CC(Cl)C(=O)O. The fourth-order valence-corrected chi connectivity index (χ4v) is 1.72. The summed E-state index contributed by atoms with van der Waals surface area (Å²) in [6.45, 7) is 5.59. The third-order valence-electron chi connectivity index (χ3n) is 2.47. The zero-order valence-electron chi connectivity index (χ0n) is 10.1. The van der Waals surface area contributed by atoms with E-state index in [9.17, 15) is 4.79 Å². The van der Waals surface area contributed by atoms with Gasteiger partial charge in [0.1, 0.15) is 5.38 Å². The number of hydrogen-bond donors (Lipinski definition) is 1. The molecule has 1 aromatic rings. The first-order valence-electron chi connectivity index (χ1n) is 5.54. The van der Waals surface area contributed by atoms with Gasteiger partial charge in [-0.15, -0.1) is 11.6 Å². The van der Waals surface area contributed by atoms with E-state index in [0.717, 1.165) is 17.9 Å². The molecule has 0 amide bonds. The lowest BCUT2D eigenvalue weighted by Gasteiger charge is -2.21. The van der Waals surface area contributed by atoms with Crippen LogP contribution < -0.4 is 0 Å². The first kappa shape index (κ1) is 13.9. The molecule has 4 nitrogen and oxygen atoms in total. The number of rotatable bonds is 6. The van der Waals surface area contributed by atoms with E-state index in [1.165, 1.54) is 0 Å². The fraction of sp³-hybridized carbons (Fsp3) is 0.500. The van der Waals surface area contributed by atoms with E-state index in [2.05, 4.69) is 4.98 Å². The number of halogens is 1. The molecule has 0 aliphatic carbocycles. The van der Waals surface area contributed by atoms with Crippen molar-refractivity contribution in [3.05, 3.63) is 29.6 Å². The van der Waals surface area contributed by atoms with Crippen LogP contribution in [0, 0.1) is 6.92 Å². The summed E-state index contributed by atoms with van der Waals surface area (Å²) in [6, 6.07) is 5.81. The molecule has 5 heteroatoms. The maximum Gasteiger partial charge on any atom is 0.322 e. The number of nitrogens with zero attached hydrogens (tertiary/aromatic N) is 2. The van der Waals surface area contributed by atoms with Gasteiger partial charge < -0.3 is 5.11 Å². The second-order valence-corrected chi connectivity index (χ2v) is 4.43. The average molecular weight is 257 g/mol. The largest absolute Gasteiger partial charge is 0.480 e. The summed E-state index contributed by atoms with van der Waals surface area (Å²) < 4.78 is 0. The molecule has 0 spiro atoms. The molecule has 1 aromatic heterocycles. The lowest BCUT2D eigenvalue weighted by Crippen LogP contribution is -2.33. The lowest BCUT2D eigenvalue weighted by molar-refractivity contribution is -0.137. The van der Waals surface area contributed by atoms with Gasteiger partial charge in [-0.1, -0.05) is 13.0 Å². The van der Waals surface area contributed by atoms with E-state index in [0.29, 0.717) is 13.1 Å². The highest BCUT2D eigenvalue weighted by atomic mass is 35.5. The van der Waals surface area contributed by atoms with Crippen LogP contribution in [0.25, 0.3) is 0 Å². The summed E-state index contributed by atoms with van der Waals surface area (Å²) in [7, 11) is 0. The predicted molar refractivity (Wildman–Crippen MR) is 67.2 cm³/mol. The molecule has 0 aliphatic heterocycles. The molecule has 17 heavy (non-hydrogen) atoms. The fourth-order valence-electron chi connectivity index (χ4n) is 1.53. The summed E-state index contributed by atoms with van der Waals surface area (Å²) >= 11 is 5.73. The number of aryl methyl sites for hydroxylation is 1. The van der Waals surface area contributed by atoms with Crippen LogP contribution in [0.3, 0.4) is 0 Å². The maximum atomic E-state index is 10.7. The molecule has 94 valence electrons. The highest BCUT2D eigenvalue weighted by Crippen LogP contribution is 2.06. The Balaban J connectivity index is 2.61. The van der Waals surface area contributed by atoms with E-state index in [1.54, 1.807) is 0 Å². The summed E-state index contributed by atoms with van der Waals surface area (Å²) in [5.74, 6) is -0.984. The van der Waals surface area contributed by atoms with Gasteiger partial charge in [-0.3, -0.25) is 14.7 Å².